The van der Waals surface area contributed by atoms with Gasteiger partial charge in [0.05, 0.1) is 11.4 Å². The molecule has 5 nitrogen and oxygen atoms in total. The van der Waals surface area contributed by atoms with E-state index >= 15 is 0 Å². The monoisotopic (exact) mass is 352 g/mol. The first-order chi connectivity index (χ1) is 12.2. The zero-order chi connectivity index (χ0) is 17.4. The molecule has 4 rings (SSSR count). The highest BCUT2D eigenvalue weighted by atomic mass is 35.5. The first-order valence-corrected chi connectivity index (χ1v) is 8.64. The number of hydrogen-bond acceptors (Lipinski definition) is 3. The van der Waals surface area contributed by atoms with E-state index in [9.17, 15) is 4.79 Å². The number of pyridine rings is 1. The van der Waals surface area contributed by atoms with Gasteiger partial charge in [0.1, 0.15) is 11.7 Å². The Kier molecular flexibility index (Phi) is 4.01. The minimum atomic E-state index is -0.229. The molecule has 3 heterocycles. The van der Waals surface area contributed by atoms with Crippen LogP contribution in [0.4, 0.5) is 0 Å². The van der Waals surface area contributed by atoms with E-state index in [4.69, 9.17) is 11.6 Å². The van der Waals surface area contributed by atoms with Gasteiger partial charge in [-0.15, -0.1) is 0 Å². The van der Waals surface area contributed by atoms with E-state index in [1.807, 2.05) is 47.4 Å². The van der Waals surface area contributed by atoms with Gasteiger partial charge in [-0.3, -0.25) is 14.9 Å². The van der Waals surface area contributed by atoms with E-state index < -0.39 is 0 Å². The molecule has 3 aromatic rings. The first-order valence-electron chi connectivity index (χ1n) is 8.26. The van der Waals surface area contributed by atoms with E-state index in [0.717, 1.165) is 28.9 Å². The third kappa shape index (κ3) is 2.61. The number of hydrogen-bond donors (Lipinski definition) is 1. The first kappa shape index (κ1) is 15.8. The van der Waals surface area contributed by atoms with Crippen LogP contribution in [0.25, 0.3) is 11.3 Å². The summed E-state index contributed by atoms with van der Waals surface area (Å²) in [7, 11) is 0. The Morgan fingerprint density at radius 1 is 1.20 bits per heavy atom. The third-order valence-electron chi connectivity index (χ3n) is 4.41. The van der Waals surface area contributed by atoms with Gasteiger partial charge >= 0.3 is 0 Å². The van der Waals surface area contributed by atoms with Crippen LogP contribution in [-0.4, -0.2) is 32.5 Å². The molecule has 1 atom stereocenters. The number of benzene rings is 1. The van der Waals surface area contributed by atoms with Crippen LogP contribution in [0.5, 0.6) is 0 Å². The minimum absolute atomic E-state index is 0.0276. The Morgan fingerprint density at radius 2 is 2.00 bits per heavy atom. The summed E-state index contributed by atoms with van der Waals surface area (Å²) in [5.41, 5.74) is 3.98. The number of H-pyrrole nitrogens is 1. The molecule has 1 aliphatic heterocycles. The second-order valence-corrected chi connectivity index (χ2v) is 6.46. The largest absolute Gasteiger partial charge is 0.324 e. The Labute approximate surface area is 150 Å². The number of aromatic nitrogens is 3. The molecule has 25 heavy (non-hydrogen) atoms. The number of fused-ring (bicyclic) bond motifs is 1. The number of carbonyl (C=O) groups is 1. The second-order valence-electron chi connectivity index (χ2n) is 6.02. The fraction of sp³-hybridized carbons (Fsp3) is 0.211. The zero-order valence-electron chi connectivity index (χ0n) is 13.7. The molecule has 0 saturated heterocycles. The van der Waals surface area contributed by atoms with Crippen molar-refractivity contribution in [3.05, 3.63) is 70.6 Å². The molecule has 0 aliphatic carbocycles. The number of rotatable bonds is 4. The van der Waals surface area contributed by atoms with Gasteiger partial charge in [0.15, 0.2) is 0 Å². The van der Waals surface area contributed by atoms with Crippen LogP contribution in [-0.2, 0) is 0 Å². The summed E-state index contributed by atoms with van der Waals surface area (Å²) < 4.78 is 0. The lowest BCUT2D eigenvalue weighted by Gasteiger charge is -2.25. The lowest BCUT2D eigenvalue weighted by molar-refractivity contribution is 0.0741. The fourth-order valence-corrected chi connectivity index (χ4v) is 3.47. The number of amides is 1. The van der Waals surface area contributed by atoms with Gasteiger partial charge in [0.2, 0.25) is 0 Å². The normalized spacial score (nSPS) is 16.3. The molecular formula is C19H17ClN4O. The van der Waals surface area contributed by atoms with Crippen molar-refractivity contribution in [1.29, 1.82) is 0 Å². The van der Waals surface area contributed by atoms with Crippen LogP contribution in [0.3, 0.4) is 0 Å². The molecule has 126 valence electrons. The van der Waals surface area contributed by atoms with Crippen LogP contribution in [0, 0.1) is 0 Å². The van der Waals surface area contributed by atoms with Crippen molar-refractivity contribution in [3.63, 3.8) is 0 Å². The van der Waals surface area contributed by atoms with Gasteiger partial charge in [-0.05, 0) is 30.7 Å². The van der Waals surface area contributed by atoms with E-state index in [1.165, 1.54) is 0 Å². The van der Waals surface area contributed by atoms with E-state index in [0.29, 0.717) is 17.3 Å². The summed E-state index contributed by atoms with van der Waals surface area (Å²) in [6, 6.07) is 13.0. The van der Waals surface area contributed by atoms with E-state index in [1.54, 1.807) is 6.20 Å². The average molecular weight is 353 g/mol. The zero-order valence-corrected chi connectivity index (χ0v) is 14.5. The molecule has 1 amide bonds. The number of halogens is 1. The number of nitrogens with zero attached hydrogens (tertiary/aromatic N) is 3. The predicted molar refractivity (Wildman–Crippen MR) is 96.4 cm³/mol. The summed E-state index contributed by atoms with van der Waals surface area (Å²) in [4.78, 5) is 19.2. The summed E-state index contributed by atoms with van der Waals surface area (Å²) in [6.07, 6.45) is 2.63. The molecule has 1 aromatic carbocycles. The molecule has 1 aliphatic rings. The summed E-state index contributed by atoms with van der Waals surface area (Å²) in [5, 5.41) is 8.02. The summed E-state index contributed by atoms with van der Waals surface area (Å²) >= 11 is 6.00. The quantitative estimate of drug-likeness (QED) is 0.769. The van der Waals surface area contributed by atoms with Gasteiger partial charge in [-0.1, -0.05) is 36.7 Å². The number of aromatic amines is 1. The topological polar surface area (TPSA) is 61.9 Å². The molecule has 6 heteroatoms. The van der Waals surface area contributed by atoms with Crippen LogP contribution in [0.2, 0.25) is 5.02 Å². The molecule has 1 N–H and O–H groups in total. The molecule has 0 radical (unpaired) electrons. The van der Waals surface area contributed by atoms with Crippen molar-refractivity contribution in [3.8, 4) is 11.3 Å². The van der Waals surface area contributed by atoms with E-state index in [-0.39, 0.29) is 11.9 Å². The number of carbonyl (C=O) groups excluding carboxylic acids is 1. The average Bonchev–Trinajstić information content (AvgIpc) is 3.17. The van der Waals surface area contributed by atoms with Crippen LogP contribution < -0.4 is 0 Å². The minimum Gasteiger partial charge on any atom is -0.324 e. The SMILES string of the molecule is CCCN1C(=O)c2[nH]nc(-c3ccc(Cl)cc3)c2[C@H]1c1ccccn1. The van der Waals surface area contributed by atoms with Crippen molar-refractivity contribution < 1.29 is 4.79 Å². The van der Waals surface area contributed by atoms with Gasteiger partial charge < -0.3 is 4.90 Å². The molecule has 0 bridgehead atoms. The Hall–Kier alpha value is -2.66. The second kappa shape index (κ2) is 6.33. The van der Waals surface area contributed by atoms with Gasteiger partial charge in [-0.2, -0.15) is 5.10 Å². The third-order valence-corrected chi connectivity index (χ3v) is 4.67. The highest BCUT2D eigenvalue weighted by molar-refractivity contribution is 6.30. The van der Waals surface area contributed by atoms with Crippen molar-refractivity contribution in [2.45, 2.75) is 19.4 Å². The number of nitrogens with one attached hydrogen (secondary N) is 1. The Morgan fingerprint density at radius 3 is 2.68 bits per heavy atom. The molecular weight excluding hydrogens is 336 g/mol. The van der Waals surface area contributed by atoms with Crippen LogP contribution >= 0.6 is 11.6 Å². The maximum atomic E-state index is 12.9. The smallest absolute Gasteiger partial charge is 0.273 e. The molecule has 2 aromatic heterocycles. The maximum Gasteiger partial charge on any atom is 0.273 e. The van der Waals surface area contributed by atoms with Gasteiger partial charge in [0, 0.05) is 28.9 Å². The van der Waals surface area contributed by atoms with Gasteiger partial charge in [-0.25, -0.2) is 0 Å². The van der Waals surface area contributed by atoms with Crippen molar-refractivity contribution in [2.75, 3.05) is 6.54 Å². The lowest BCUT2D eigenvalue weighted by atomic mass is 9.99. The highest BCUT2D eigenvalue weighted by Crippen LogP contribution is 2.42. The Balaban J connectivity index is 1.88. The van der Waals surface area contributed by atoms with Crippen LogP contribution in [0.1, 0.15) is 41.1 Å². The highest BCUT2D eigenvalue weighted by Gasteiger charge is 2.42. The van der Waals surface area contributed by atoms with Crippen molar-refractivity contribution in [2.24, 2.45) is 0 Å². The molecule has 0 fully saturated rings. The molecule has 0 unspecified atom stereocenters. The standard InChI is InChI=1S/C19H17ClN4O/c1-2-11-24-18(14-5-3-4-10-21-14)15-16(22-23-17(15)19(24)25)12-6-8-13(20)9-7-12/h3-10,18H,2,11H2,1H3,(H,22,23)/t18-/m1/s1. The van der Waals surface area contributed by atoms with Crippen molar-refractivity contribution >= 4 is 17.5 Å². The summed E-state index contributed by atoms with van der Waals surface area (Å²) in [6.45, 7) is 2.73. The van der Waals surface area contributed by atoms with Gasteiger partial charge in [0.25, 0.3) is 5.91 Å². The maximum absolute atomic E-state index is 12.9. The Bertz CT molecular complexity index is 905. The molecule has 0 saturated carbocycles. The lowest BCUT2D eigenvalue weighted by Crippen LogP contribution is -2.30. The van der Waals surface area contributed by atoms with Crippen LogP contribution in [0.15, 0.2) is 48.7 Å². The summed E-state index contributed by atoms with van der Waals surface area (Å²) in [5.74, 6) is -0.0276. The predicted octanol–water partition coefficient (Wildman–Crippen LogP) is 4.08. The van der Waals surface area contributed by atoms with E-state index in [2.05, 4.69) is 22.1 Å². The molecule has 0 spiro atoms. The van der Waals surface area contributed by atoms with Crippen molar-refractivity contribution in [1.82, 2.24) is 20.1 Å². The fourth-order valence-electron chi connectivity index (χ4n) is 3.34.